The van der Waals surface area contributed by atoms with Crippen molar-refractivity contribution in [3.8, 4) is 0 Å². The van der Waals surface area contributed by atoms with Crippen LogP contribution in [0, 0.1) is 13.8 Å². The Labute approximate surface area is 221 Å². The predicted molar refractivity (Wildman–Crippen MR) is 126 cm³/mol. The monoisotopic (exact) mass is 592 g/mol. The quantitative estimate of drug-likeness (QED) is 0.496. The molecule has 0 bridgehead atoms. The van der Waals surface area contributed by atoms with Crippen molar-refractivity contribution >= 4 is 35.0 Å². The minimum atomic E-state index is -5.08. The van der Waals surface area contributed by atoms with Crippen molar-refractivity contribution in [1.82, 2.24) is 19.7 Å². The first kappa shape index (κ1) is 31.8. The number of carboxylic acid groups (broad SMARTS) is 2. The molecule has 0 radical (unpaired) electrons. The van der Waals surface area contributed by atoms with Crippen LogP contribution in [-0.4, -0.2) is 83.9 Å². The van der Waals surface area contributed by atoms with Crippen molar-refractivity contribution in [2.24, 2.45) is 7.05 Å². The third-order valence-electron chi connectivity index (χ3n) is 5.30. The van der Waals surface area contributed by atoms with E-state index >= 15 is 0 Å². The maximum atomic E-state index is 10.6. The summed E-state index contributed by atoms with van der Waals surface area (Å²) in [5, 5.41) is 21.9. The standard InChI is InChI=1S/C17H24N4OS2.2C2HF3O2/c1-12-4-15(20(3)19-12)6-21-10-17(11-21)5-16(9-24-17)22-7-14-8-23-13(2)18-14;2*3-2(4,5)1(6)7/h4,8,16H,5-7,9-11H2,1-3H3;2*(H,6,7). The highest BCUT2D eigenvalue weighted by Gasteiger charge is 2.49. The molecular formula is C21H26F6N4O5S2. The van der Waals surface area contributed by atoms with Crippen LogP contribution in [0.1, 0.15) is 28.5 Å². The number of nitrogens with zero attached hydrogens (tertiary/aromatic N) is 4. The van der Waals surface area contributed by atoms with Crippen molar-refractivity contribution in [2.45, 2.75) is 56.6 Å². The van der Waals surface area contributed by atoms with Gasteiger partial charge in [0, 0.05) is 42.6 Å². The summed E-state index contributed by atoms with van der Waals surface area (Å²) in [7, 11) is 2.03. The third-order valence-corrected chi connectivity index (χ3v) is 7.70. The number of aromatic nitrogens is 3. The lowest BCUT2D eigenvalue weighted by atomic mass is 9.93. The molecule has 38 heavy (non-hydrogen) atoms. The molecule has 2 aromatic rings. The van der Waals surface area contributed by atoms with Crippen LogP contribution in [0.5, 0.6) is 0 Å². The Hall–Kier alpha value is -2.37. The van der Waals surface area contributed by atoms with Crippen LogP contribution < -0.4 is 0 Å². The summed E-state index contributed by atoms with van der Waals surface area (Å²) in [5.74, 6) is -4.40. The van der Waals surface area contributed by atoms with Crippen molar-refractivity contribution in [1.29, 1.82) is 0 Å². The summed E-state index contributed by atoms with van der Waals surface area (Å²) in [6.07, 6.45) is -8.63. The Balaban J connectivity index is 0.000000301. The summed E-state index contributed by atoms with van der Waals surface area (Å²) < 4.78 is 72.0. The molecular weight excluding hydrogens is 566 g/mol. The highest BCUT2D eigenvalue weighted by molar-refractivity contribution is 8.01. The SMILES string of the molecule is Cc1cc(CN2CC3(CC(OCc4csc(C)n4)CS3)C2)n(C)n1.O=C(O)C(F)(F)F.O=C(O)C(F)(F)F. The van der Waals surface area contributed by atoms with Gasteiger partial charge in [0.25, 0.3) is 0 Å². The number of rotatable bonds is 5. The zero-order chi connectivity index (χ0) is 28.9. The summed E-state index contributed by atoms with van der Waals surface area (Å²) in [6, 6.07) is 2.19. The van der Waals surface area contributed by atoms with Crippen molar-refractivity contribution in [2.75, 3.05) is 18.8 Å². The van der Waals surface area contributed by atoms with Crippen molar-refractivity contribution in [3.05, 3.63) is 33.5 Å². The maximum absolute atomic E-state index is 10.6. The van der Waals surface area contributed by atoms with Crippen molar-refractivity contribution in [3.63, 3.8) is 0 Å². The number of halogens is 6. The first-order valence-corrected chi connectivity index (χ1v) is 12.8. The van der Waals surface area contributed by atoms with Gasteiger partial charge in [0.05, 0.1) is 34.8 Å². The molecule has 2 aliphatic heterocycles. The van der Waals surface area contributed by atoms with Gasteiger partial charge in [0.15, 0.2) is 0 Å². The highest BCUT2D eigenvalue weighted by atomic mass is 32.2. The van der Waals surface area contributed by atoms with Gasteiger partial charge in [-0.3, -0.25) is 9.58 Å². The molecule has 0 saturated carbocycles. The molecule has 1 atom stereocenters. The zero-order valence-corrected chi connectivity index (χ0v) is 22.1. The molecule has 17 heteroatoms. The van der Waals surface area contributed by atoms with E-state index in [2.05, 4.69) is 45.1 Å². The van der Waals surface area contributed by atoms with Crippen LogP contribution in [0.25, 0.3) is 0 Å². The van der Waals surface area contributed by atoms with E-state index < -0.39 is 24.3 Å². The number of aliphatic carboxylic acids is 2. The lowest BCUT2D eigenvalue weighted by Gasteiger charge is -2.47. The van der Waals surface area contributed by atoms with E-state index in [1.54, 1.807) is 11.3 Å². The van der Waals surface area contributed by atoms with E-state index in [0.29, 0.717) is 17.5 Å². The zero-order valence-electron chi connectivity index (χ0n) is 20.5. The van der Waals surface area contributed by atoms with E-state index in [-0.39, 0.29) is 0 Å². The minimum absolute atomic E-state index is 0.373. The van der Waals surface area contributed by atoms with E-state index in [1.807, 2.05) is 18.7 Å². The molecule has 1 unspecified atom stereocenters. The largest absolute Gasteiger partial charge is 0.490 e. The maximum Gasteiger partial charge on any atom is 0.490 e. The van der Waals surface area contributed by atoms with E-state index in [1.165, 1.54) is 12.1 Å². The Bertz CT molecular complexity index is 1070. The molecule has 0 amide bonds. The lowest BCUT2D eigenvalue weighted by Crippen LogP contribution is -2.58. The Morgan fingerprint density at radius 1 is 1.13 bits per heavy atom. The second-order valence-corrected chi connectivity index (χ2v) is 11.2. The molecule has 4 rings (SSSR count). The molecule has 4 heterocycles. The molecule has 0 aliphatic carbocycles. The third kappa shape index (κ3) is 9.74. The molecule has 214 valence electrons. The van der Waals surface area contributed by atoms with Crippen LogP contribution >= 0.6 is 23.1 Å². The van der Waals surface area contributed by atoms with Gasteiger partial charge in [0.1, 0.15) is 0 Å². The van der Waals surface area contributed by atoms with Gasteiger partial charge in [-0.25, -0.2) is 14.6 Å². The molecule has 2 aromatic heterocycles. The second kappa shape index (κ2) is 12.7. The molecule has 2 fully saturated rings. The Morgan fingerprint density at radius 2 is 1.68 bits per heavy atom. The van der Waals surface area contributed by atoms with Gasteiger partial charge in [-0.1, -0.05) is 0 Å². The molecule has 0 aromatic carbocycles. The number of likely N-dealkylation sites (tertiary alicyclic amines) is 1. The fourth-order valence-corrected chi connectivity index (χ4v) is 5.93. The first-order chi connectivity index (χ1) is 17.4. The summed E-state index contributed by atoms with van der Waals surface area (Å²) in [4.78, 5) is 24.8. The molecule has 2 N–H and O–H groups in total. The topological polar surface area (TPSA) is 118 Å². The molecule has 2 saturated heterocycles. The highest BCUT2D eigenvalue weighted by Crippen LogP contribution is 2.46. The van der Waals surface area contributed by atoms with Crippen LogP contribution in [0.4, 0.5) is 26.3 Å². The second-order valence-electron chi connectivity index (χ2n) is 8.64. The number of aryl methyl sites for hydroxylation is 3. The smallest absolute Gasteiger partial charge is 0.475 e. The Morgan fingerprint density at radius 3 is 2.11 bits per heavy atom. The fourth-order valence-electron chi connectivity index (χ4n) is 3.73. The predicted octanol–water partition coefficient (Wildman–Crippen LogP) is 4.04. The first-order valence-electron chi connectivity index (χ1n) is 10.9. The summed E-state index contributed by atoms with van der Waals surface area (Å²) in [5.41, 5.74) is 3.48. The average Bonchev–Trinajstić information content (AvgIpc) is 3.45. The number of carboxylic acids is 2. The van der Waals surface area contributed by atoms with Crippen LogP contribution in [0.2, 0.25) is 0 Å². The lowest BCUT2D eigenvalue weighted by molar-refractivity contribution is -0.193. The average molecular weight is 593 g/mol. The number of alkyl halides is 6. The van der Waals surface area contributed by atoms with Gasteiger partial charge in [0.2, 0.25) is 0 Å². The van der Waals surface area contributed by atoms with Gasteiger partial charge >= 0.3 is 24.3 Å². The van der Waals surface area contributed by atoms with Crippen LogP contribution in [0.15, 0.2) is 11.4 Å². The summed E-state index contributed by atoms with van der Waals surface area (Å²) >= 11 is 3.79. The minimum Gasteiger partial charge on any atom is -0.475 e. The number of hydrogen-bond donors (Lipinski definition) is 2. The van der Waals surface area contributed by atoms with Crippen LogP contribution in [-0.2, 0) is 34.5 Å². The van der Waals surface area contributed by atoms with E-state index in [0.717, 1.165) is 41.8 Å². The van der Waals surface area contributed by atoms with E-state index in [9.17, 15) is 26.3 Å². The molecule has 2 aliphatic rings. The molecule has 9 nitrogen and oxygen atoms in total. The van der Waals surface area contributed by atoms with Gasteiger partial charge in [-0.15, -0.1) is 23.1 Å². The number of ether oxygens (including phenoxy) is 1. The number of thioether (sulfide) groups is 1. The Kier molecular flexibility index (Phi) is 10.6. The summed E-state index contributed by atoms with van der Waals surface area (Å²) in [6.45, 7) is 8.09. The van der Waals surface area contributed by atoms with Gasteiger partial charge in [-0.2, -0.15) is 31.4 Å². The van der Waals surface area contributed by atoms with Crippen molar-refractivity contribution < 1.29 is 50.9 Å². The number of thiazole rings is 1. The van der Waals surface area contributed by atoms with Gasteiger partial charge < -0.3 is 14.9 Å². The number of hydrogen-bond acceptors (Lipinski definition) is 8. The van der Waals surface area contributed by atoms with Crippen LogP contribution in [0.3, 0.4) is 0 Å². The van der Waals surface area contributed by atoms with E-state index in [4.69, 9.17) is 24.5 Å². The normalized spacial score (nSPS) is 18.7. The van der Waals surface area contributed by atoms with Gasteiger partial charge in [-0.05, 0) is 26.3 Å². The molecule has 1 spiro atoms. The number of carbonyl (C=O) groups is 2. The fraction of sp³-hybridized carbons (Fsp3) is 0.619.